The Hall–Kier alpha value is -0.0800. The average Bonchev–Trinajstić information content (AvgIpc) is 2.67. The Bertz CT molecular complexity index is 97.4. The predicted molar refractivity (Wildman–Crippen MR) is 39.3 cm³/mol. The molecule has 0 amide bonds. The first-order valence-electron chi connectivity index (χ1n) is 3.92. The van der Waals surface area contributed by atoms with E-state index in [9.17, 15) is 0 Å². The van der Waals surface area contributed by atoms with Crippen molar-refractivity contribution < 1.29 is 9.47 Å². The summed E-state index contributed by atoms with van der Waals surface area (Å²) in [6, 6.07) is 0. The zero-order chi connectivity index (χ0) is 7.45. The van der Waals surface area contributed by atoms with Crippen LogP contribution in [0.15, 0.2) is 0 Å². The maximum atomic E-state index is 5.48. The molecule has 2 nitrogen and oxygen atoms in total. The van der Waals surface area contributed by atoms with Gasteiger partial charge in [-0.25, -0.2) is 0 Å². The van der Waals surface area contributed by atoms with Gasteiger partial charge in [0.25, 0.3) is 0 Å². The highest BCUT2D eigenvalue weighted by atomic mass is 16.7. The van der Waals surface area contributed by atoms with Crippen molar-refractivity contribution in [1.82, 2.24) is 0 Å². The molecule has 0 atom stereocenters. The minimum atomic E-state index is -0.204. The summed E-state index contributed by atoms with van der Waals surface area (Å²) in [6.45, 7) is 6.51. The molecular weight excluding hydrogens is 128 g/mol. The lowest BCUT2D eigenvalue weighted by molar-refractivity contribution is -0.144. The van der Waals surface area contributed by atoms with E-state index in [1.165, 1.54) is 0 Å². The highest BCUT2D eigenvalue weighted by Crippen LogP contribution is 2.41. The Labute approximate surface area is 62.5 Å². The summed E-state index contributed by atoms with van der Waals surface area (Å²) < 4.78 is 10.8. The van der Waals surface area contributed by atoms with E-state index in [-0.39, 0.29) is 5.79 Å². The molecule has 0 aromatic rings. The van der Waals surface area contributed by atoms with Crippen LogP contribution in [0.1, 0.15) is 33.1 Å². The van der Waals surface area contributed by atoms with Gasteiger partial charge in [0.15, 0.2) is 5.79 Å². The maximum Gasteiger partial charge on any atom is 0.169 e. The van der Waals surface area contributed by atoms with E-state index in [1.54, 1.807) is 6.61 Å². The standard InChI is InChI=1S/C8H15O2/c1-3-7-10-8(5-6-8)9-4-2/h4H,3,5-7H2,1-2H3. The normalized spacial score (nSPS) is 21.0. The molecule has 0 aromatic carbocycles. The van der Waals surface area contributed by atoms with Crippen LogP contribution in [0.2, 0.25) is 0 Å². The van der Waals surface area contributed by atoms with Crippen LogP contribution in [-0.4, -0.2) is 12.4 Å². The summed E-state index contributed by atoms with van der Waals surface area (Å²) >= 11 is 0. The van der Waals surface area contributed by atoms with Crippen LogP contribution in [-0.2, 0) is 9.47 Å². The van der Waals surface area contributed by atoms with Gasteiger partial charge in [-0.1, -0.05) is 6.92 Å². The molecule has 10 heavy (non-hydrogen) atoms. The van der Waals surface area contributed by atoms with Gasteiger partial charge in [-0.15, -0.1) is 0 Å². The van der Waals surface area contributed by atoms with Crippen LogP contribution in [0.25, 0.3) is 0 Å². The Morgan fingerprint density at radius 3 is 2.60 bits per heavy atom. The van der Waals surface area contributed by atoms with Gasteiger partial charge in [0.1, 0.15) is 0 Å². The first-order valence-corrected chi connectivity index (χ1v) is 3.92. The van der Waals surface area contributed by atoms with Gasteiger partial charge in [-0.2, -0.15) is 0 Å². The van der Waals surface area contributed by atoms with Crippen molar-refractivity contribution in [1.29, 1.82) is 0 Å². The molecule has 59 valence electrons. The molecule has 0 spiro atoms. The molecule has 1 aliphatic rings. The Balaban J connectivity index is 2.11. The molecule has 1 fully saturated rings. The van der Waals surface area contributed by atoms with E-state index in [2.05, 4.69) is 6.92 Å². The summed E-state index contributed by atoms with van der Waals surface area (Å²) in [4.78, 5) is 0. The third-order valence-electron chi connectivity index (χ3n) is 1.56. The minimum absolute atomic E-state index is 0.204. The molecule has 0 N–H and O–H groups in total. The zero-order valence-electron chi connectivity index (χ0n) is 6.72. The maximum absolute atomic E-state index is 5.48. The second-order valence-electron chi connectivity index (χ2n) is 2.61. The first kappa shape index (κ1) is 8.02. The van der Waals surface area contributed by atoms with E-state index < -0.39 is 0 Å². The zero-order valence-corrected chi connectivity index (χ0v) is 6.72. The van der Waals surface area contributed by atoms with Crippen LogP contribution < -0.4 is 0 Å². The smallest absolute Gasteiger partial charge is 0.169 e. The lowest BCUT2D eigenvalue weighted by Gasteiger charge is -2.14. The van der Waals surface area contributed by atoms with Crippen LogP contribution in [0.4, 0.5) is 0 Å². The number of hydrogen-bond donors (Lipinski definition) is 0. The predicted octanol–water partition coefficient (Wildman–Crippen LogP) is 2.10. The molecule has 1 saturated carbocycles. The van der Waals surface area contributed by atoms with Gasteiger partial charge in [0.2, 0.25) is 0 Å². The van der Waals surface area contributed by atoms with E-state index in [0.29, 0.717) is 0 Å². The molecule has 0 unspecified atom stereocenters. The van der Waals surface area contributed by atoms with E-state index >= 15 is 0 Å². The van der Waals surface area contributed by atoms with Crippen molar-refractivity contribution >= 4 is 0 Å². The quantitative estimate of drug-likeness (QED) is 0.549. The van der Waals surface area contributed by atoms with Crippen molar-refractivity contribution in [2.24, 2.45) is 0 Å². The van der Waals surface area contributed by atoms with Crippen molar-refractivity contribution in [3.63, 3.8) is 0 Å². The molecular formula is C8H15O2. The molecule has 0 aromatic heterocycles. The molecule has 2 heteroatoms. The minimum Gasteiger partial charge on any atom is -0.350 e. The average molecular weight is 143 g/mol. The van der Waals surface area contributed by atoms with Crippen molar-refractivity contribution in [2.75, 3.05) is 6.61 Å². The molecule has 0 aliphatic heterocycles. The molecule has 0 saturated heterocycles. The lowest BCUT2D eigenvalue weighted by atomic mass is 10.5. The summed E-state index contributed by atoms with van der Waals surface area (Å²) in [6.07, 6.45) is 3.17. The largest absolute Gasteiger partial charge is 0.350 e. The summed E-state index contributed by atoms with van der Waals surface area (Å²) in [5, 5.41) is 0. The summed E-state index contributed by atoms with van der Waals surface area (Å²) in [5.74, 6) is -0.204. The number of ether oxygens (including phenoxy) is 2. The third kappa shape index (κ3) is 1.96. The fourth-order valence-electron chi connectivity index (χ4n) is 0.901. The second kappa shape index (κ2) is 3.35. The Kier molecular flexibility index (Phi) is 2.69. The second-order valence-corrected chi connectivity index (χ2v) is 2.61. The fourth-order valence-corrected chi connectivity index (χ4v) is 0.901. The Morgan fingerprint density at radius 1 is 1.50 bits per heavy atom. The van der Waals surface area contributed by atoms with Gasteiger partial charge in [0.05, 0.1) is 6.61 Å². The van der Waals surface area contributed by atoms with E-state index in [1.807, 2.05) is 6.92 Å². The van der Waals surface area contributed by atoms with Gasteiger partial charge in [-0.05, 0) is 13.3 Å². The van der Waals surface area contributed by atoms with Crippen LogP contribution in [0.3, 0.4) is 0 Å². The molecule has 0 bridgehead atoms. The third-order valence-corrected chi connectivity index (χ3v) is 1.56. The highest BCUT2D eigenvalue weighted by molar-refractivity contribution is 4.86. The van der Waals surface area contributed by atoms with Crippen molar-refractivity contribution in [3.05, 3.63) is 6.61 Å². The molecule has 1 radical (unpaired) electrons. The van der Waals surface area contributed by atoms with Gasteiger partial charge in [-0.3, -0.25) is 0 Å². The fraction of sp³-hybridized carbons (Fsp3) is 0.875. The van der Waals surface area contributed by atoms with Crippen LogP contribution in [0.5, 0.6) is 0 Å². The lowest BCUT2D eigenvalue weighted by Crippen LogP contribution is -2.17. The monoisotopic (exact) mass is 143 g/mol. The first-order chi connectivity index (χ1) is 4.83. The van der Waals surface area contributed by atoms with Gasteiger partial charge >= 0.3 is 0 Å². The SMILES string of the molecule is C[CH]OC1(OCCC)CC1. The molecule has 1 rings (SSSR count). The number of rotatable bonds is 5. The van der Waals surface area contributed by atoms with Gasteiger partial charge < -0.3 is 9.47 Å². The van der Waals surface area contributed by atoms with Crippen molar-refractivity contribution in [2.45, 2.75) is 38.9 Å². The highest BCUT2D eigenvalue weighted by Gasteiger charge is 2.45. The van der Waals surface area contributed by atoms with E-state index in [0.717, 1.165) is 25.9 Å². The van der Waals surface area contributed by atoms with E-state index in [4.69, 9.17) is 9.47 Å². The molecule has 0 heterocycles. The van der Waals surface area contributed by atoms with Crippen LogP contribution in [0, 0.1) is 6.61 Å². The summed E-state index contributed by atoms with van der Waals surface area (Å²) in [7, 11) is 0. The van der Waals surface area contributed by atoms with Gasteiger partial charge in [0, 0.05) is 19.4 Å². The molecule has 1 aliphatic carbocycles. The topological polar surface area (TPSA) is 18.5 Å². The van der Waals surface area contributed by atoms with Crippen LogP contribution >= 0.6 is 0 Å². The summed E-state index contributed by atoms with van der Waals surface area (Å²) in [5.41, 5.74) is 0. The van der Waals surface area contributed by atoms with Crippen molar-refractivity contribution in [3.8, 4) is 0 Å². The number of hydrogen-bond acceptors (Lipinski definition) is 2. The Morgan fingerprint density at radius 2 is 2.20 bits per heavy atom.